The van der Waals surface area contributed by atoms with Crippen LogP contribution in [0.3, 0.4) is 0 Å². The molecule has 2 nitrogen and oxygen atoms in total. The minimum Gasteiger partial charge on any atom is -0.315 e. The van der Waals surface area contributed by atoms with Gasteiger partial charge < -0.3 is 5.32 Å². The average molecular weight is 246 g/mol. The largest absolute Gasteiger partial charge is 0.315 e. The van der Waals surface area contributed by atoms with Crippen LogP contribution < -0.4 is 5.32 Å². The van der Waals surface area contributed by atoms with Crippen molar-refractivity contribution in [3.05, 3.63) is 35.4 Å². The van der Waals surface area contributed by atoms with Crippen LogP contribution in [0.15, 0.2) is 24.3 Å². The van der Waals surface area contributed by atoms with E-state index >= 15 is 0 Å². The van der Waals surface area contributed by atoms with Crippen LogP contribution in [-0.2, 0) is 13.1 Å². The second kappa shape index (κ2) is 5.85. The first-order valence-corrected chi connectivity index (χ1v) is 7.04. The van der Waals surface area contributed by atoms with Crippen LogP contribution in [0.2, 0.25) is 0 Å². The molecule has 0 saturated heterocycles. The summed E-state index contributed by atoms with van der Waals surface area (Å²) in [6, 6.07) is 8.79. The molecule has 1 aromatic carbocycles. The van der Waals surface area contributed by atoms with Crippen molar-refractivity contribution in [2.75, 3.05) is 19.6 Å². The Morgan fingerprint density at radius 2 is 1.67 bits per heavy atom. The zero-order valence-corrected chi connectivity index (χ0v) is 12.0. The highest BCUT2D eigenvalue weighted by Crippen LogP contribution is 2.21. The van der Waals surface area contributed by atoms with Crippen molar-refractivity contribution in [3.8, 4) is 0 Å². The lowest BCUT2D eigenvalue weighted by Crippen LogP contribution is -2.30. The summed E-state index contributed by atoms with van der Waals surface area (Å²) in [5.41, 5.74) is 3.45. The second-order valence-electron chi connectivity index (χ2n) is 6.54. The Morgan fingerprint density at radius 1 is 1.06 bits per heavy atom. The number of hydrogen-bond donors (Lipinski definition) is 1. The highest BCUT2D eigenvalue weighted by molar-refractivity contribution is 5.30. The van der Waals surface area contributed by atoms with Crippen molar-refractivity contribution in [1.82, 2.24) is 10.2 Å². The summed E-state index contributed by atoms with van der Waals surface area (Å²) in [4.78, 5) is 2.52. The minimum absolute atomic E-state index is 0.441. The summed E-state index contributed by atoms with van der Waals surface area (Å²) in [7, 11) is 0. The Kier molecular flexibility index (Phi) is 4.41. The van der Waals surface area contributed by atoms with Crippen LogP contribution in [0.4, 0.5) is 0 Å². The van der Waals surface area contributed by atoms with Crippen LogP contribution in [0, 0.1) is 5.41 Å². The van der Waals surface area contributed by atoms with Crippen LogP contribution in [0.1, 0.15) is 38.3 Å². The van der Waals surface area contributed by atoms with Crippen LogP contribution in [-0.4, -0.2) is 24.5 Å². The van der Waals surface area contributed by atoms with Gasteiger partial charge in [0.25, 0.3) is 0 Å². The molecule has 1 aliphatic heterocycles. The van der Waals surface area contributed by atoms with E-state index in [1.807, 2.05) is 0 Å². The minimum atomic E-state index is 0.441. The molecule has 1 aliphatic rings. The molecule has 0 unspecified atom stereocenters. The van der Waals surface area contributed by atoms with Gasteiger partial charge >= 0.3 is 0 Å². The van der Waals surface area contributed by atoms with Gasteiger partial charge in [-0.1, -0.05) is 45.0 Å². The van der Waals surface area contributed by atoms with E-state index in [9.17, 15) is 0 Å². The number of benzene rings is 1. The molecule has 0 saturated carbocycles. The fourth-order valence-electron chi connectivity index (χ4n) is 2.39. The van der Waals surface area contributed by atoms with E-state index in [-0.39, 0.29) is 0 Å². The van der Waals surface area contributed by atoms with E-state index in [2.05, 4.69) is 55.3 Å². The predicted molar refractivity (Wildman–Crippen MR) is 77.5 cm³/mol. The number of hydrogen-bond acceptors (Lipinski definition) is 2. The summed E-state index contributed by atoms with van der Waals surface area (Å²) in [5, 5.41) is 3.55. The number of fused-ring (bicyclic) bond motifs is 1. The zero-order chi connectivity index (χ0) is 13.0. The van der Waals surface area contributed by atoms with Crippen LogP contribution in [0.5, 0.6) is 0 Å². The SMILES string of the molecule is CC(C)(C)CCNCCN1Cc2ccccc2C1. The molecule has 1 heterocycles. The van der Waals surface area contributed by atoms with Crippen molar-refractivity contribution in [3.63, 3.8) is 0 Å². The van der Waals surface area contributed by atoms with Crippen molar-refractivity contribution in [2.24, 2.45) is 5.41 Å². The first kappa shape index (κ1) is 13.6. The van der Waals surface area contributed by atoms with Gasteiger partial charge in [-0.2, -0.15) is 0 Å². The molecular formula is C16H26N2. The Balaban J connectivity index is 1.63. The lowest BCUT2D eigenvalue weighted by Gasteiger charge is -2.19. The quantitative estimate of drug-likeness (QED) is 0.803. The van der Waals surface area contributed by atoms with E-state index in [1.54, 1.807) is 0 Å². The molecule has 2 rings (SSSR count). The number of nitrogens with one attached hydrogen (secondary N) is 1. The molecule has 0 fully saturated rings. The van der Waals surface area contributed by atoms with Gasteiger partial charge in [0.1, 0.15) is 0 Å². The third-order valence-corrected chi connectivity index (χ3v) is 3.56. The lowest BCUT2D eigenvalue weighted by atomic mass is 9.92. The Morgan fingerprint density at radius 3 is 2.22 bits per heavy atom. The van der Waals surface area contributed by atoms with Gasteiger partial charge in [0, 0.05) is 26.2 Å². The van der Waals surface area contributed by atoms with E-state index in [4.69, 9.17) is 0 Å². The summed E-state index contributed by atoms with van der Waals surface area (Å²) < 4.78 is 0. The lowest BCUT2D eigenvalue weighted by molar-refractivity contribution is 0.279. The molecule has 2 heteroatoms. The van der Waals surface area contributed by atoms with Gasteiger partial charge in [-0.15, -0.1) is 0 Å². The summed E-state index contributed by atoms with van der Waals surface area (Å²) in [6.07, 6.45) is 1.24. The maximum Gasteiger partial charge on any atom is 0.0241 e. The Labute approximate surface area is 111 Å². The van der Waals surface area contributed by atoms with Gasteiger partial charge in [-0.25, -0.2) is 0 Å². The summed E-state index contributed by atoms with van der Waals surface area (Å²) in [6.45, 7) is 12.5. The van der Waals surface area contributed by atoms with Gasteiger partial charge in [0.2, 0.25) is 0 Å². The average Bonchev–Trinajstić information content (AvgIpc) is 2.69. The third-order valence-electron chi connectivity index (χ3n) is 3.56. The standard InChI is InChI=1S/C16H26N2/c1-16(2,3)8-9-17-10-11-18-12-14-6-4-5-7-15(14)13-18/h4-7,17H,8-13H2,1-3H3. The number of nitrogens with zero attached hydrogens (tertiary/aromatic N) is 1. The monoisotopic (exact) mass is 246 g/mol. The maximum atomic E-state index is 3.55. The molecule has 0 radical (unpaired) electrons. The van der Waals surface area contributed by atoms with Crippen LogP contribution in [0.25, 0.3) is 0 Å². The smallest absolute Gasteiger partial charge is 0.0241 e. The third kappa shape index (κ3) is 4.11. The Bertz CT molecular complexity index is 354. The zero-order valence-electron chi connectivity index (χ0n) is 12.0. The first-order valence-electron chi connectivity index (χ1n) is 7.04. The molecule has 1 aromatic rings. The molecule has 0 aromatic heterocycles. The van der Waals surface area contributed by atoms with Gasteiger partial charge in [-0.05, 0) is 29.5 Å². The van der Waals surface area contributed by atoms with E-state index < -0.39 is 0 Å². The molecule has 0 spiro atoms. The van der Waals surface area contributed by atoms with Gasteiger partial charge in [0.05, 0.1) is 0 Å². The van der Waals surface area contributed by atoms with Crippen molar-refractivity contribution < 1.29 is 0 Å². The Hall–Kier alpha value is -0.860. The van der Waals surface area contributed by atoms with E-state index in [0.717, 1.165) is 32.7 Å². The highest BCUT2D eigenvalue weighted by atomic mass is 15.1. The van der Waals surface area contributed by atoms with E-state index in [1.165, 1.54) is 17.5 Å². The molecule has 0 amide bonds. The molecule has 0 bridgehead atoms. The van der Waals surface area contributed by atoms with E-state index in [0.29, 0.717) is 5.41 Å². The molecule has 18 heavy (non-hydrogen) atoms. The first-order chi connectivity index (χ1) is 8.54. The molecule has 100 valence electrons. The fourth-order valence-corrected chi connectivity index (χ4v) is 2.39. The molecule has 0 aliphatic carbocycles. The molecule has 0 atom stereocenters. The highest BCUT2D eigenvalue weighted by Gasteiger charge is 2.17. The normalized spacial score (nSPS) is 15.9. The molecular weight excluding hydrogens is 220 g/mol. The van der Waals surface area contributed by atoms with Gasteiger partial charge in [0.15, 0.2) is 0 Å². The summed E-state index contributed by atoms with van der Waals surface area (Å²) >= 11 is 0. The van der Waals surface area contributed by atoms with Crippen molar-refractivity contribution in [2.45, 2.75) is 40.3 Å². The molecule has 1 N–H and O–H groups in total. The van der Waals surface area contributed by atoms with Crippen LogP contribution >= 0.6 is 0 Å². The second-order valence-corrected chi connectivity index (χ2v) is 6.54. The van der Waals surface area contributed by atoms with Crippen molar-refractivity contribution in [1.29, 1.82) is 0 Å². The fraction of sp³-hybridized carbons (Fsp3) is 0.625. The maximum absolute atomic E-state index is 3.55. The summed E-state index contributed by atoms with van der Waals surface area (Å²) in [5.74, 6) is 0. The van der Waals surface area contributed by atoms with Crippen molar-refractivity contribution >= 4 is 0 Å². The van der Waals surface area contributed by atoms with Gasteiger partial charge in [-0.3, -0.25) is 4.90 Å². The number of rotatable bonds is 5. The predicted octanol–water partition coefficient (Wildman–Crippen LogP) is 3.03. The topological polar surface area (TPSA) is 15.3 Å².